The van der Waals surface area contributed by atoms with Gasteiger partial charge in [-0.25, -0.2) is 0 Å². The number of aromatic nitrogens is 1. The Morgan fingerprint density at radius 1 is 1.13 bits per heavy atom. The van der Waals surface area contributed by atoms with Crippen molar-refractivity contribution in [2.24, 2.45) is 0 Å². The van der Waals surface area contributed by atoms with Crippen molar-refractivity contribution in [2.75, 3.05) is 19.6 Å². The van der Waals surface area contributed by atoms with E-state index >= 15 is 0 Å². The molecule has 23 heavy (non-hydrogen) atoms. The third-order valence-corrected chi connectivity index (χ3v) is 5.12. The minimum Gasteiger partial charge on any atom is -0.343 e. The van der Waals surface area contributed by atoms with Crippen LogP contribution in [0.5, 0.6) is 0 Å². The molecule has 2 aromatic heterocycles. The van der Waals surface area contributed by atoms with Crippen molar-refractivity contribution in [1.82, 2.24) is 14.8 Å². The zero-order chi connectivity index (χ0) is 16.4. The van der Waals surface area contributed by atoms with Gasteiger partial charge in [0.05, 0.1) is 12.1 Å². The van der Waals surface area contributed by atoms with Crippen LogP contribution >= 0.6 is 11.3 Å². The maximum absolute atomic E-state index is 12.5. The van der Waals surface area contributed by atoms with Gasteiger partial charge in [0.2, 0.25) is 5.91 Å². The predicted octanol–water partition coefficient (Wildman–Crippen LogP) is 2.51. The topological polar surface area (TPSA) is 54.3 Å². The summed E-state index contributed by atoms with van der Waals surface area (Å²) < 4.78 is 2.07. The molecule has 0 aromatic carbocycles. The van der Waals surface area contributed by atoms with Crippen molar-refractivity contribution < 1.29 is 9.59 Å². The Balaban J connectivity index is 1.71. The summed E-state index contributed by atoms with van der Waals surface area (Å²) in [6.07, 6.45) is 2.11. The van der Waals surface area contributed by atoms with E-state index in [0.29, 0.717) is 5.56 Å². The van der Waals surface area contributed by atoms with Gasteiger partial charge < -0.3 is 14.8 Å². The summed E-state index contributed by atoms with van der Waals surface area (Å²) in [4.78, 5) is 26.3. The fraction of sp³-hybridized carbons (Fsp3) is 0.412. The van der Waals surface area contributed by atoms with E-state index in [1.165, 1.54) is 11.3 Å². The number of nitrogens with one attached hydrogen (secondary N) is 1. The third-order valence-electron chi connectivity index (χ3n) is 4.22. The van der Waals surface area contributed by atoms with Crippen LogP contribution < -0.4 is 5.32 Å². The normalized spacial score (nSPS) is 14.3. The number of aryl methyl sites for hydroxylation is 2. The van der Waals surface area contributed by atoms with Crippen molar-refractivity contribution in [3.8, 4) is 5.00 Å². The molecule has 1 saturated heterocycles. The molecule has 1 aliphatic heterocycles. The Hall–Kier alpha value is -2.08. The second kappa shape index (κ2) is 6.58. The van der Waals surface area contributed by atoms with Crippen molar-refractivity contribution in [2.45, 2.75) is 26.7 Å². The number of nitrogens with zero attached hydrogens (tertiary/aromatic N) is 2. The first-order valence-electron chi connectivity index (χ1n) is 7.86. The highest BCUT2D eigenvalue weighted by molar-refractivity contribution is 7.13. The van der Waals surface area contributed by atoms with Gasteiger partial charge in [-0.1, -0.05) is 0 Å². The smallest absolute Gasteiger partial charge is 0.254 e. The van der Waals surface area contributed by atoms with Gasteiger partial charge in [-0.3, -0.25) is 9.59 Å². The standard InChI is InChI=1S/C17H21N3O2S/c1-12-5-6-13(2)20(12)17-14(7-10-23-17)16(22)18-11-15(21)19-8-3-4-9-19/h5-7,10H,3-4,8-9,11H2,1-2H3,(H,18,22). The van der Waals surface area contributed by atoms with Crippen molar-refractivity contribution in [3.05, 3.63) is 40.5 Å². The second-order valence-corrected chi connectivity index (χ2v) is 6.76. The molecule has 0 spiro atoms. The molecule has 3 rings (SSSR count). The van der Waals surface area contributed by atoms with E-state index in [0.717, 1.165) is 42.3 Å². The highest BCUT2D eigenvalue weighted by atomic mass is 32.1. The molecule has 1 aliphatic rings. The lowest BCUT2D eigenvalue weighted by atomic mass is 10.3. The van der Waals surface area contributed by atoms with Crippen LogP contribution in [0, 0.1) is 13.8 Å². The van der Waals surface area contributed by atoms with Gasteiger partial charge in [-0.05, 0) is 50.3 Å². The van der Waals surface area contributed by atoms with Gasteiger partial charge in [0, 0.05) is 24.5 Å². The molecule has 0 bridgehead atoms. The number of carbonyl (C=O) groups excluding carboxylic acids is 2. The molecule has 6 heteroatoms. The number of likely N-dealkylation sites (tertiary alicyclic amines) is 1. The van der Waals surface area contributed by atoms with Crippen molar-refractivity contribution in [1.29, 1.82) is 0 Å². The van der Waals surface area contributed by atoms with Crippen LogP contribution in [0.1, 0.15) is 34.6 Å². The van der Waals surface area contributed by atoms with Crippen LogP contribution in [-0.2, 0) is 4.79 Å². The lowest BCUT2D eigenvalue weighted by Crippen LogP contribution is -2.38. The number of hydrogen-bond acceptors (Lipinski definition) is 3. The summed E-state index contributed by atoms with van der Waals surface area (Å²) in [6.45, 7) is 5.72. The summed E-state index contributed by atoms with van der Waals surface area (Å²) >= 11 is 1.53. The molecule has 1 N–H and O–H groups in total. The molecule has 3 heterocycles. The van der Waals surface area contributed by atoms with E-state index < -0.39 is 0 Å². The maximum Gasteiger partial charge on any atom is 0.254 e. The molecule has 0 atom stereocenters. The average Bonchev–Trinajstić information content (AvgIpc) is 3.25. The first-order valence-corrected chi connectivity index (χ1v) is 8.74. The number of thiophene rings is 1. The monoisotopic (exact) mass is 331 g/mol. The van der Waals surface area contributed by atoms with Crippen LogP contribution in [0.3, 0.4) is 0 Å². The first-order chi connectivity index (χ1) is 11.1. The highest BCUT2D eigenvalue weighted by Crippen LogP contribution is 2.25. The number of amides is 2. The summed E-state index contributed by atoms with van der Waals surface area (Å²) in [5.74, 6) is -0.192. The van der Waals surface area contributed by atoms with Crippen molar-refractivity contribution in [3.63, 3.8) is 0 Å². The SMILES string of the molecule is Cc1ccc(C)n1-c1sccc1C(=O)NCC(=O)N1CCCC1. The molecule has 0 saturated carbocycles. The van der Waals surface area contributed by atoms with Crippen LogP contribution in [0.15, 0.2) is 23.6 Å². The summed E-state index contributed by atoms with van der Waals surface area (Å²) in [5.41, 5.74) is 2.80. The fourth-order valence-corrected chi connectivity index (χ4v) is 3.98. The average molecular weight is 331 g/mol. The largest absolute Gasteiger partial charge is 0.343 e. The number of rotatable bonds is 4. The molecule has 122 valence electrons. The van der Waals surface area contributed by atoms with Gasteiger partial charge in [0.1, 0.15) is 5.00 Å². The Morgan fingerprint density at radius 3 is 2.43 bits per heavy atom. The molecule has 0 aliphatic carbocycles. The second-order valence-electron chi connectivity index (χ2n) is 5.86. The molecule has 5 nitrogen and oxygen atoms in total. The molecule has 0 radical (unpaired) electrons. The number of hydrogen-bond donors (Lipinski definition) is 1. The van der Waals surface area contributed by atoms with E-state index in [1.54, 1.807) is 0 Å². The van der Waals surface area contributed by atoms with Gasteiger partial charge in [-0.15, -0.1) is 11.3 Å². The third kappa shape index (κ3) is 3.17. The van der Waals surface area contributed by atoms with Gasteiger partial charge in [-0.2, -0.15) is 0 Å². The summed E-state index contributed by atoms with van der Waals surface area (Å²) in [5, 5.41) is 5.57. The Morgan fingerprint density at radius 2 is 1.78 bits per heavy atom. The quantitative estimate of drug-likeness (QED) is 0.936. The minimum absolute atomic E-state index is 0.000884. The lowest BCUT2D eigenvalue weighted by molar-refractivity contribution is -0.129. The maximum atomic E-state index is 12.5. The van der Waals surface area contributed by atoms with Crippen LogP contribution in [0.2, 0.25) is 0 Å². The van der Waals surface area contributed by atoms with E-state index in [2.05, 4.69) is 9.88 Å². The van der Waals surface area contributed by atoms with E-state index in [9.17, 15) is 9.59 Å². The van der Waals surface area contributed by atoms with E-state index in [1.807, 2.05) is 42.3 Å². The van der Waals surface area contributed by atoms with E-state index in [-0.39, 0.29) is 18.4 Å². The first kappa shape index (κ1) is 15.8. The molecule has 2 aromatic rings. The van der Waals surface area contributed by atoms with Crippen LogP contribution in [-0.4, -0.2) is 40.9 Å². The predicted molar refractivity (Wildman–Crippen MR) is 91.3 cm³/mol. The summed E-state index contributed by atoms with van der Waals surface area (Å²) in [6, 6.07) is 5.88. The highest BCUT2D eigenvalue weighted by Gasteiger charge is 2.20. The fourth-order valence-electron chi connectivity index (χ4n) is 2.97. The molecule has 1 fully saturated rings. The molecular weight excluding hydrogens is 310 g/mol. The van der Waals surface area contributed by atoms with E-state index in [4.69, 9.17) is 0 Å². The van der Waals surface area contributed by atoms with Gasteiger partial charge in [0.15, 0.2) is 0 Å². The number of carbonyl (C=O) groups is 2. The van der Waals surface area contributed by atoms with Gasteiger partial charge >= 0.3 is 0 Å². The Kier molecular flexibility index (Phi) is 4.52. The minimum atomic E-state index is -0.193. The zero-order valence-electron chi connectivity index (χ0n) is 13.5. The lowest BCUT2D eigenvalue weighted by Gasteiger charge is -2.16. The zero-order valence-corrected chi connectivity index (χ0v) is 14.3. The van der Waals surface area contributed by atoms with Crippen LogP contribution in [0.25, 0.3) is 5.00 Å². The summed E-state index contributed by atoms with van der Waals surface area (Å²) in [7, 11) is 0. The Labute approximate surface area is 139 Å². The van der Waals surface area contributed by atoms with Crippen molar-refractivity contribution >= 4 is 23.2 Å². The molecule has 2 amide bonds. The van der Waals surface area contributed by atoms with Gasteiger partial charge in [0.25, 0.3) is 5.91 Å². The molecular formula is C17H21N3O2S. The van der Waals surface area contributed by atoms with Crippen LogP contribution in [0.4, 0.5) is 0 Å². The Bertz CT molecular complexity index is 707. The molecule has 0 unspecified atom stereocenters.